The number of aliphatic hydroxyl groups excluding tert-OH is 1. The highest BCUT2D eigenvalue weighted by Crippen LogP contribution is 2.22. The summed E-state index contributed by atoms with van der Waals surface area (Å²) in [6.45, 7) is 1.82. The van der Waals surface area contributed by atoms with Gasteiger partial charge in [-0.25, -0.2) is 0 Å². The molecule has 1 amide bonds. The van der Waals surface area contributed by atoms with Crippen LogP contribution in [0.3, 0.4) is 0 Å². The largest absolute Gasteiger partial charge is 0.497 e. The molecule has 18 heavy (non-hydrogen) atoms. The molecule has 100 valence electrons. The van der Waals surface area contributed by atoms with Crippen molar-refractivity contribution >= 4 is 5.91 Å². The molecule has 5 nitrogen and oxygen atoms in total. The van der Waals surface area contributed by atoms with Gasteiger partial charge in [-0.15, -0.1) is 0 Å². The number of ether oxygens (including phenoxy) is 2. The second-order valence-electron chi connectivity index (χ2n) is 3.86. The van der Waals surface area contributed by atoms with Crippen molar-refractivity contribution in [3.8, 4) is 11.5 Å². The van der Waals surface area contributed by atoms with Gasteiger partial charge in [-0.1, -0.05) is 6.92 Å². The standard InChI is InChI=1S/C13H19NO4/c1-4-10(8-15)14-13(16)9-5-11(17-2)7-12(6-9)18-3/h5-7,10,15H,4,8H2,1-3H3,(H,14,16)/t10-/m0/s1. The lowest BCUT2D eigenvalue weighted by molar-refractivity contribution is 0.0914. The van der Waals surface area contributed by atoms with E-state index in [4.69, 9.17) is 14.6 Å². The molecule has 0 aliphatic rings. The Balaban J connectivity index is 2.90. The summed E-state index contributed by atoms with van der Waals surface area (Å²) in [7, 11) is 3.05. The van der Waals surface area contributed by atoms with E-state index < -0.39 is 0 Å². The molecule has 0 aliphatic heterocycles. The third kappa shape index (κ3) is 3.63. The molecule has 0 radical (unpaired) electrons. The summed E-state index contributed by atoms with van der Waals surface area (Å²) in [5.74, 6) is 0.848. The average Bonchev–Trinajstić information content (AvgIpc) is 2.43. The topological polar surface area (TPSA) is 67.8 Å². The fraction of sp³-hybridized carbons (Fsp3) is 0.462. The van der Waals surface area contributed by atoms with Crippen LogP contribution in [-0.2, 0) is 0 Å². The van der Waals surface area contributed by atoms with E-state index in [-0.39, 0.29) is 18.6 Å². The van der Waals surface area contributed by atoms with Gasteiger partial charge in [0.05, 0.1) is 26.9 Å². The highest BCUT2D eigenvalue weighted by molar-refractivity contribution is 5.95. The summed E-state index contributed by atoms with van der Waals surface area (Å²) in [6, 6.07) is 4.71. The van der Waals surface area contributed by atoms with Crippen LogP contribution in [0.5, 0.6) is 11.5 Å². The number of hydrogen-bond acceptors (Lipinski definition) is 4. The number of rotatable bonds is 6. The number of carbonyl (C=O) groups is 1. The van der Waals surface area contributed by atoms with E-state index >= 15 is 0 Å². The van der Waals surface area contributed by atoms with Crippen LogP contribution in [0.15, 0.2) is 18.2 Å². The first kappa shape index (κ1) is 14.3. The number of methoxy groups -OCH3 is 2. The number of carbonyl (C=O) groups excluding carboxylic acids is 1. The van der Waals surface area contributed by atoms with Gasteiger partial charge >= 0.3 is 0 Å². The molecule has 1 atom stereocenters. The van der Waals surface area contributed by atoms with Gasteiger partial charge in [0.15, 0.2) is 0 Å². The van der Waals surface area contributed by atoms with Crippen molar-refractivity contribution in [3.63, 3.8) is 0 Å². The quantitative estimate of drug-likeness (QED) is 0.799. The molecule has 0 saturated heterocycles. The van der Waals surface area contributed by atoms with Crippen LogP contribution in [0.25, 0.3) is 0 Å². The van der Waals surface area contributed by atoms with Crippen LogP contribution in [0.4, 0.5) is 0 Å². The third-order valence-corrected chi connectivity index (χ3v) is 2.66. The molecule has 0 heterocycles. The molecule has 0 spiro atoms. The first-order valence-corrected chi connectivity index (χ1v) is 5.79. The van der Waals surface area contributed by atoms with Gasteiger partial charge in [-0.3, -0.25) is 4.79 Å². The Kier molecular flexibility index (Phi) is 5.45. The SMILES string of the molecule is CC[C@@H](CO)NC(=O)c1cc(OC)cc(OC)c1. The minimum atomic E-state index is -0.256. The van der Waals surface area contributed by atoms with Gasteiger partial charge in [0, 0.05) is 11.6 Å². The van der Waals surface area contributed by atoms with Crippen LogP contribution in [-0.4, -0.2) is 37.9 Å². The maximum atomic E-state index is 12.0. The Labute approximate surface area is 107 Å². The number of nitrogens with one attached hydrogen (secondary N) is 1. The van der Waals surface area contributed by atoms with E-state index in [0.29, 0.717) is 23.5 Å². The second kappa shape index (κ2) is 6.86. The zero-order valence-electron chi connectivity index (χ0n) is 10.9. The summed E-state index contributed by atoms with van der Waals surface area (Å²) < 4.78 is 10.2. The van der Waals surface area contributed by atoms with Gasteiger partial charge < -0.3 is 19.9 Å². The van der Waals surface area contributed by atoms with Crippen molar-refractivity contribution in [3.05, 3.63) is 23.8 Å². The predicted octanol–water partition coefficient (Wildman–Crippen LogP) is 1.20. The van der Waals surface area contributed by atoms with Crippen LogP contribution in [0, 0.1) is 0 Å². The molecule has 2 N–H and O–H groups in total. The van der Waals surface area contributed by atoms with E-state index in [2.05, 4.69) is 5.32 Å². The number of amides is 1. The molecule has 1 aromatic carbocycles. The van der Waals surface area contributed by atoms with Crippen LogP contribution in [0.2, 0.25) is 0 Å². The Bertz CT molecular complexity index is 380. The summed E-state index contributed by atoms with van der Waals surface area (Å²) in [5.41, 5.74) is 0.443. The maximum Gasteiger partial charge on any atom is 0.251 e. The average molecular weight is 253 g/mol. The monoisotopic (exact) mass is 253 g/mol. The molecular formula is C13H19NO4. The second-order valence-corrected chi connectivity index (χ2v) is 3.86. The van der Waals surface area contributed by atoms with Gasteiger partial charge in [-0.2, -0.15) is 0 Å². The molecule has 0 aliphatic carbocycles. The molecule has 0 bridgehead atoms. The molecule has 0 unspecified atom stereocenters. The summed E-state index contributed by atoms with van der Waals surface area (Å²) in [4.78, 5) is 12.0. The zero-order valence-corrected chi connectivity index (χ0v) is 10.9. The van der Waals surface area contributed by atoms with Crippen LogP contribution >= 0.6 is 0 Å². The molecule has 5 heteroatoms. The van der Waals surface area contributed by atoms with Gasteiger partial charge in [0.25, 0.3) is 5.91 Å². The van der Waals surface area contributed by atoms with E-state index in [1.165, 1.54) is 14.2 Å². The van der Waals surface area contributed by atoms with E-state index in [1.54, 1.807) is 18.2 Å². The minimum absolute atomic E-state index is 0.0800. The zero-order chi connectivity index (χ0) is 13.5. The highest BCUT2D eigenvalue weighted by atomic mass is 16.5. The molecule has 0 aromatic heterocycles. The van der Waals surface area contributed by atoms with E-state index in [1.807, 2.05) is 6.92 Å². The number of hydrogen-bond donors (Lipinski definition) is 2. The predicted molar refractivity (Wildman–Crippen MR) is 68.2 cm³/mol. The Morgan fingerprint density at radius 3 is 2.22 bits per heavy atom. The Morgan fingerprint density at radius 2 is 1.83 bits per heavy atom. The Morgan fingerprint density at radius 1 is 1.28 bits per heavy atom. The van der Waals surface area contributed by atoms with Gasteiger partial charge in [0.2, 0.25) is 0 Å². The first-order chi connectivity index (χ1) is 8.64. The van der Waals surface area contributed by atoms with Crippen LogP contribution in [0.1, 0.15) is 23.7 Å². The van der Waals surface area contributed by atoms with Crippen molar-refractivity contribution < 1.29 is 19.4 Å². The third-order valence-electron chi connectivity index (χ3n) is 2.66. The van der Waals surface area contributed by atoms with Crippen LogP contribution < -0.4 is 14.8 Å². The maximum absolute atomic E-state index is 12.0. The van der Waals surface area contributed by atoms with Gasteiger partial charge in [-0.05, 0) is 18.6 Å². The fourth-order valence-electron chi connectivity index (χ4n) is 1.48. The molecule has 0 fully saturated rings. The summed E-state index contributed by atoms with van der Waals surface area (Å²) in [5, 5.41) is 11.8. The van der Waals surface area contributed by atoms with Crippen molar-refractivity contribution in [2.75, 3.05) is 20.8 Å². The van der Waals surface area contributed by atoms with Gasteiger partial charge in [0.1, 0.15) is 11.5 Å². The Hall–Kier alpha value is -1.75. The lowest BCUT2D eigenvalue weighted by Gasteiger charge is -2.15. The molecular weight excluding hydrogens is 234 g/mol. The highest BCUT2D eigenvalue weighted by Gasteiger charge is 2.13. The lowest BCUT2D eigenvalue weighted by Crippen LogP contribution is -2.36. The van der Waals surface area contributed by atoms with E-state index in [9.17, 15) is 4.79 Å². The van der Waals surface area contributed by atoms with Crippen molar-refractivity contribution in [2.45, 2.75) is 19.4 Å². The molecule has 1 aromatic rings. The van der Waals surface area contributed by atoms with Crippen molar-refractivity contribution in [1.29, 1.82) is 0 Å². The lowest BCUT2D eigenvalue weighted by atomic mass is 10.1. The fourth-order valence-corrected chi connectivity index (χ4v) is 1.48. The smallest absolute Gasteiger partial charge is 0.251 e. The van der Waals surface area contributed by atoms with E-state index in [0.717, 1.165) is 0 Å². The van der Waals surface area contributed by atoms with Crippen molar-refractivity contribution in [1.82, 2.24) is 5.32 Å². The molecule has 0 saturated carbocycles. The van der Waals surface area contributed by atoms with Crippen molar-refractivity contribution in [2.24, 2.45) is 0 Å². The number of benzene rings is 1. The first-order valence-electron chi connectivity index (χ1n) is 5.79. The summed E-state index contributed by atoms with van der Waals surface area (Å²) >= 11 is 0. The normalized spacial score (nSPS) is 11.8. The number of aliphatic hydroxyl groups is 1. The minimum Gasteiger partial charge on any atom is -0.497 e. The molecule has 1 rings (SSSR count). The summed E-state index contributed by atoms with van der Waals surface area (Å²) in [6.07, 6.45) is 0.670.